The minimum Gasteiger partial charge on any atom is -0.496 e. The van der Waals surface area contributed by atoms with Crippen LogP contribution in [0, 0.1) is 0 Å². The SMILES string of the molecule is COc1ccccc1C(=O)C1=C(NN(C)C(=O)OC(C)(C)C)CCCC1=O. The lowest BCUT2D eigenvalue weighted by atomic mass is 9.89. The summed E-state index contributed by atoms with van der Waals surface area (Å²) in [5.74, 6) is -0.275. The Morgan fingerprint density at radius 3 is 2.44 bits per heavy atom. The maximum atomic E-state index is 13.0. The lowest BCUT2D eigenvalue weighted by molar-refractivity contribution is -0.115. The molecule has 0 aromatic heterocycles. The third-order valence-electron chi connectivity index (χ3n) is 3.96. The van der Waals surface area contributed by atoms with Gasteiger partial charge in [0.25, 0.3) is 0 Å². The summed E-state index contributed by atoms with van der Waals surface area (Å²) in [6.07, 6.45) is 0.774. The van der Waals surface area contributed by atoms with Crippen LogP contribution in [-0.4, -0.2) is 42.4 Å². The van der Waals surface area contributed by atoms with Crippen LogP contribution in [0.25, 0.3) is 0 Å². The molecule has 2 rings (SSSR count). The Bertz CT molecular complexity index is 777. The Morgan fingerprint density at radius 1 is 1.15 bits per heavy atom. The maximum absolute atomic E-state index is 13.0. The molecule has 1 N–H and O–H groups in total. The Kier molecular flexibility index (Phi) is 6.25. The van der Waals surface area contributed by atoms with Crippen molar-refractivity contribution >= 4 is 17.7 Å². The van der Waals surface area contributed by atoms with E-state index in [1.54, 1.807) is 45.0 Å². The fraction of sp³-hybridized carbons (Fsp3) is 0.450. The van der Waals surface area contributed by atoms with Crippen LogP contribution in [0.15, 0.2) is 35.5 Å². The van der Waals surface area contributed by atoms with Crippen LogP contribution in [0.4, 0.5) is 4.79 Å². The molecule has 146 valence electrons. The van der Waals surface area contributed by atoms with Crippen molar-refractivity contribution in [2.75, 3.05) is 14.2 Å². The van der Waals surface area contributed by atoms with E-state index in [1.165, 1.54) is 14.2 Å². The molecule has 0 fully saturated rings. The van der Waals surface area contributed by atoms with Crippen LogP contribution in [0.2, 0.25) is 0 Å². The number of hydrazine groups is 1. The van der Waals surface area contributed by atoms with E-state index >= 15 is 0 Å². The Morgan fingerprint density at radius 2 is 1.81 bits per heavy atom. The van der Waals surface area contributed by atoms with E-state index in [9.17, 15) is 14.4 Å². The summed E-state index contributed by atoms with van der Waals surface area (Å²) < 4.78 is 10.5. The highest BCUT2D eigenvalue weighted by Crippen LogP contribution is 2.27. The number of methoxy groups -OCH3 is 1. The van der Waals surface area contributed by atoms with E-state index in [-0.39, 0.29) is 17.8 Å². The van der Waals surface area contributed by atoms with Gasteiger partial charge in [0.1, 0.15) is 11.4 Å². The van der Waals surface area contributed by atoms with Crippen molar-refractivity contribution in [3.05, 3.63) is 41.1 Å². The van der Waals surface area contributed by atoms with Crippen molar-refractivity contribution in [2.45, 2.75) is 45.6 Å². The van der Waals surface area contributed by atoms with Gasteiger partial charge in [-0.3, -0.25) is 15.0 Å². The van der Waals surface area contributed by atoms with Gasteiger partial charge in [-0.05, 0) is 45.7 Å². The number of Topliss-reactive ketones (excluding diaryl/α,β-unsaturated/α-hetero) is 2. The number of ketones is 2. The minimum absolute atomic E-state index is 0.0566. The van der Waals surface area contributed by atoms with Gasteiger partial charge in [-0.15, -0.1) is 0 Å². The maximum Gasteiger partial charge on any atom is 0.428 e. The quantitative estimate of drug-likeness (QED) is 0.484. The number of rotatable bonds is 5. The van der Waals surface area contributed by atoms with E-state index in [0.717, 1.165) is 5.01 Å². The molecule has 0 bridgehead atoms. The summed E-state index contributed by atoms with van der Waals surface area (Å²) in [6, 6.07) is 6.75. The van der Waals surface area contributed by atoms with E-state index in [1.807, 2.05) is 0 Å². The first kappa shape index (κ1) is 20.5. The largest absolute Gasteiger partial charge is 0.496 e. The molecule has 7 nitrogen and oxygen atoms in total. The molecule has 0 spiro atoms. The molecule has 0 saturated carbocycles. The van der Waals surface area contributed by atoms with Crippen molar-refractivity contribution in [3.63, 3.8) is 0 Å². The molecule has 1 amide bonds. The average molecular weight is 374 g/mol. The molecule has 1 aliphatic carbocycles. The number of nitrogens with zero attached hydrogens (tertiary/aromatic N) is 1. The molecule has 0 atom stereocenters. The first-order valence-electron chi connectivity index (χ1n) is 8.81. The Hall–Kier alpha value is -2.83. The summed E-state index contributed by atoms with van der Waals surface area (Å²) >= 11 is 0. The third-order valence-corrected chi connectivity index (χ3v) is 3.96. The van der Waals surface area contributed by atoms with Gasteiger partial charge in [-0.1, -0.05) is 12.1 Å². The van der Waals surface area contributed by atoms with Crippen LogP contribution < -0.4 is 10.2 Å². The van der Waals surface area contributed by atoms with Crippen molar-refractivity contribution in [2.24, 2.45) is 0 Å². The van der Waals surface area contributed by atoms with Gasteiger partial charge in [0, 0.05) is 19.2 Å². The van der Waals surface area contributed by atoms with Gasteiger partial charge in [0.2, 0.25) is 5.78 Å². The number of benzene rings is 1. The summed E-state index contributed by atoms with van der Waals surface area (Å²) in [6.45, 7) is 5.29. The molecule has 0 aliphatic heterocycles. The monoisotopic (exact) mass is 374 g/mol. The summed E-state index contributed by atoms with van der Waals surface area (Å²) in [4.78, 5) is 37.7. The fourth-order valence-corrected chi connectivity index (χ4v) is 2.76. The molecular formula is C20H26N2O5. The predicted molar refractivity (Wildman–Crippen MR) is 100 cm³/mol. The fourth-order valence-electron chi connectivity index (χ4n) is 2.76. The normalized spacial score (nSPS) is 14.6. The smallest absolute Gasteiger partial charge is 0.428 e. The molecule has 0 saturated heterocycles. The lowest BCUT2D eigenvalue weighted by Crippen LogP contribution is -2.44. The molecule has 7 heteroatoms. The summed E-state index contributed by atoms with van der Waals surface area (Å²) in [5.41, 5.74) is 2.99. The van der Waals surface area contributed by atoms with E-state index < -0.39 is 17.5 Å². The molecule has 27 heavy (non-hydrogen) atoms. The number of ether oxygens (including phenoxy) is 2. The average Bonchev–Trinajstić information content (AvgIpc) is 2.59. The standard InChI is InChI=1S/C20H26N2O5/c1-20(2,3)27-19(25)22(4)21-14-10-8-11-15(23)17(14)18(24)13-9-6-7-12-16(13)26-5/h6-7,9,12,21H,8,10-11H2,1-5H3. The van der Waals surface area contributed by atoms with Gasteiger partial charge >= 0.3 is 6.09 Å². The number of carbonyl (C=O) groups is 3. The molecule has 0 radical (unpaired) electrons. The molecule has 1 aromatic carbocycles. The number of hydrogen-bond acceptors (Lipinski definition) is 6. The number of para-hydroxylation sites is 1. The topological polar surface area (TPSA) is 84.9 Å². The number of amides is 1. The lowest BCUT2D eigenvalue weighted by Gasteiger charge is -2.28. The zero-order chi connectivity index (χ0) is 20.2. The van der Waals surface area contributed by atoms with Crippen molar-refractivity contribution < 1.29 is 23.9 Å². The molecular weight excluding hydrogens is 348 g/mol. The van der Waals surface area contributed by atoms with Gasteiger partial charge in [-0.2, -0.15) is 0 Å². The zero-order valence-electron chi connectivity index (χ0n) is 16.4. The van der Waals surface area contributed by atoms with Crippen molar-refractivity contribution in [3.8, 4) is 5.75 Å². The first-order valence-corrected chi connectivity index (χ1v) is 8.81. The molecule has 0 unspecified atom stereocenters. The van der Waals surface area contributed by atoms with E-state index in [0.29, 0.717) is 29.9 Å². The zero-order valence-corrected chi connectivity index (χ0v) is 16.4. The van der Waals surface area contributed by atoms with Crippen LogP contribution in [0.3, 0.4) is 0 Å². The molecule has 1 aromatic rings. The highest BCUT2D eigenvalue weighted by atomic mass is 16.6. The van der Waals surface area contributed by atoms with Gasteiger partial charge in [-0.25, -0.2) is 9.80 Å². The molecule has 0 heterocycles. The number of hydrogen-bond donors (Lipinski definition) is 1. The van der Waals surface area contributed by atoms with E-state index in [4.69, 9.17) is 9.47 Å². The van der Waals surface area contributed by atoms with Crippen LogP contribution in [0.5, 0.6) is 5.75 Å². The summed E-state index contributed by atoms with van der Waals surface area (Å²) in [7, 11) is 2.96. The second-order valence-corrected chi connectivity index (χ2v) is 7.31. The van der Waals surface area contributed by atoms with Crippen LogP contribution in [-0.2, 0) is 9.53 Å². The Balaban J connectivity index is 2.34. The highest BCUT2D eigenvalue weighted by Gasteiger charge is 2.30. The number of allylic oxidation sites excluding steroid dienone is 2. The van der Waals surface area contributed by atoms with Crippen molar-refractivity contribution in [1.29, 1.82) is 0 Å². The predicted octanol–water partition coefficient (Wildman–Crippen LogP) is 3.26. The third kappa shape index (κ3) is 5.09. The van der Waals surface area contributed by atoms with E-state index in [2.05, 4.69) is 5.43 Å². The van der Waals surface area contributed by atoms with Crippen LogP contribution in [0.1, 0.15) is 50.4 Å². The van der Waals surface area contributed by atoms with Gasteiger partial charge < -0.3 is 9.47 Å². The Labute approximate surface area is 159 Å². The number of carbonyl (C=O) groups excluding carboxylic acids is 3. The minimum atomic E-state index is -0.653. The number of nitrogens with one attached hydrogen (secondary N) is 1. The van der Waals surface area contributed by atoms with Crippen molar-refractivity contribution in [1.82, 2.24) is 10.4 Å². The molecule has 1 aliphatic rings. The first-order chi connectivity index (χ1) is 12.6. The van der Waals surface area contributed by atoms with Gasteiger partial charge in [0.15, 0.2) is 5.78 Å². The highest BCUT2D eigenvalue weighted by molar-refractivity contribution is 6.27. The van der Waals surface area contributed by atoms with Gasteiger partial charge in [0.05, 0.1) is 18.2 Å². The van der Waals surface area contributed by atoms with Crippen LogP contribution >= 0.6 is 0 Å². The summed E-state index contributed by atoms with van der Waals surface area (Å²) in [5, 5.41) is 1.15. The second kappa shape index (κ2) is 8.24. The second-order valence-electron chi connectivity index (χ2n) is 7.31.